The molecule has 2 aliphatic rings. The maximum atomic E-state index is 5.84. The molecular weight excluding hydrogens is 138 g/mol. The predicted octanol–water partition coefficient (Wildman–Crippen LogP) is 1.44. The second kappa shape index (κ2) is 3.11. The third-order valence-corrected chi connectivity index (χ3v) is 2.58. The van der Waals surface area contributed by atoms with E-state index in [0.29, 0.717) is 18.2 Å². The Kier molecular flexibility index (Phi) is 2.14. The van der Waals surface area contributed by atoms with Crippen molar-refractivity contribution < 1.29 is 4.74 Å². The topological polar surface area (TPSA) is 35.2 Å². The van der Waals surface area contributed by atoms with Gasteiger partial charge in [-0.2, -0.15) is 0 Å². The molecule has 2 rings (SSSR count). The Bertz CT molecular complexity index is 132. The average Bonchev–Trinajstić information content (AvgIpc) is 2.71. The first-order chi connectivity index (χ1) is 5.34. The largest absolute Gasteiger partial charge is 0.375 e. The smallest absolute Gasteiger partial charge is 0.0593 e. The second-order valence-corrected chi connectivity index (χ2v) is 3.88. The van der Waals surface area contributed by atoms with Crippen LogP contribution in [0.4, 0.5) is 0 Å². The monoisotopic (exact) mass is 155 g/mol. The summed E-state index contributed by atoms with van der Waals surface area (Å²) in [5, 5.41) is 0. The lowest BCUT2D eigenvalue weighted by Gasteiger charge is -2.26. The number of nitrogens with two attached hydrogens (primary N) is 1. The lowest BCUT2D eigenvalue weighted by Crippen LogP contribution is -2.32. The summed E-state index contributed by atoms with van der Waals surface area (Å²) in [4.78, 5) is 0. The lowest BCUT2D eigenvalue weighted by molar-refractivity contribution is 0.0119. The van der Waals surface area contributed by atoms with Crippen molar-refractivity contribution in [3.05, 3.63) is 0 Å². The number of ether oxygens (including phenoxy) is 1. The highest BCUT2D eigenvalue weighted by Crippen LogP contribution is 2.29. The van der Waals surface area contributed by atoms with Crippen molar-refractivity contribution >= 4 is 0 Å². The molecule has 2 saturated carbocycles. The third kappa shape index (κ3) is 2.17. The van der Waals surface area contributed by atoms with E-state index in [0.717, 1.165) is 6.42 Å². The van der Waals surface area contributed by atoms with Gasteiger partial charge in [0, 0.05) is 6.04 Å². The molecule has 0 saturated heterocycles. The Morgan fingerprint density at radius 1 is 1.00 bits per heavy atom. The van der Waals surface area contributed by atoms with Crippen molar-refractivity contribution in [2.24, 2.45) is 5.73 Å². The van der Waals surface area contributed by atoms with Crippen molar-refractivity contribution in [3.63, 3.8) is 0 Å². The fraction of sp³-hybridized carbons (Fsp3) is 1.00. The van der Waals surface area contributed by atoms with Crippen molar-refractivity contribution in [1.82, 2.24) is 0 Å². The van der Waals surface area contributed by atoms with Gasteiger partial charge in [-0.3, -0.25) is 0 Å². The van der Waals surface area contributed by atoms with E-state index in [1.807, 2.05) is 0 Å². The van der Waals surface area contributed by atoms with Crippen LogP contribution in [-0.2, 0) is 4.74 Å². The highest BCUT2D eigenvalue weighted by atomic mass is 16.5. The van der Waals surface area contributed by atoms with E-state index in [9.17, 15) is 0 Å². The molecule has 0 heterocycles. The summed E-state index contributed by atoms with van der Waals surface area (Å²) in [7, 11) is 0. The van der Waals surface area contributed by atoms with E-state index in [1.54, 1.807) is 0 Å². The minimum atomic E-state index is 0.410. The van der Waals surface area contributed by atoms with Crippen molar-refractivity contribution in [2.45, 2.75) is 56.8 Å². The lowest BCUT2D eigenvalue weighted by atomic mass is 9.94. The molecule has 2 fully saturated rings. The van der Waals surface area contributed by atoms with Crippen LogP contribution in [-0.4, -0.2) is 18.2 Å². The van der Waals surface area contributed by atoms with Gasteiger partial charge in [-0.05, 0) is 38.5 Å². The second-order valence-electron chi connectivity index (χ2n) is 3.88. The third-order valence-electron chi connectivity index (χ3n) is 2.58. The quantitative estimate of drug-likeness (QED) is 0.654. The fourth-order valence-corrected chi connectivity index (χ4v) is 1.78. The summed E-state index contributed by atoms with van der Waals surface area (Å²) in [6, 6.07) is 0.410. The van der Waals surface area contributed by atoms with Gasteiger partial charge in [0.1, 0.15) is 0 Å². The van der Waals surface area contributed by atoms with Crippen LogP contribution in [0.5, 0.6) is 0 Å². The maximum Gasteiger partial charge on any atom is 0.0593 e. The van der Waals surface area contributed by atoms with Gasteiger partial charge in [-0.15, -0.1) is 0 Å². The molecule has 11 heavy (non-hydrogen) atoms. The molecule has 0 aromatic heterocycles. The van der Waals surface area contributed by atoms with E-state index in [-0.39, 0.29) is 0 Å². The molecule has 0 aromatic rings. The molecular formula is C9H17NO. The predicted molar refractivity (Wildman–Crippen MR) is 44.3 cm³/mol. The van der Waals surface area contributed by atoms with Gasteiger partial charge in [-0.25, -0.2) is 0 Å². The zero-order chi connectivity index (χ0) is 7.68. The molecule has 2 N–H and O–H groups in total. The summed E-state index contributed by atoms with van der Waals surface area (Å²) in [5.41, 5.74) is 5.84. The first-order valence-electron chi connectivity index (χ1n) is 4.75. The van der Waals surface area contributed by atoms with Gasteiger partial charge in [-0.1, -0.05) is 0 Å². The van der Waals surface area contributed by atoms with Gasteiger partial charge in [0.05, 0.1) is 12.2 Å². The molecule has 0 amide bonds. The molecule has 2 aliphatic carbocycles. The molecule has 64 valence electrons. The number of hydrogen-bond donors (Lipinski definition) is 1. The average molecular weight is 155 g/mol. The molecule has 0 aliphatic heterocycles. The molecule has 0 radical (unpaired) electrons. The van der Waals surface area contributed by atoms with Crippen LogP contribution in [0, 0.1) is 0 Å². The van der Waals surface area contributed by atoms with E-state index in [4.69, 9.17) is 10.5 Å². The standard InChI is InChI=1S/C9H17NO/c10-7-2-1-3-9(6-7)11-8-4-5-8/h7-9H,1-6,10H2. The van der Waals surface area contributed by atoms with Crippen LogP contribution in [0.15, 0.2) is 0 Å². The van der Waals surface area contributed by atoms with Crippen molar-refractivity contribution in [1.29, 1.82) is 0 Å². The number of rotatable bonds is 2. The Labute approximate surface area is 68.1 Å². The first-order valence-corrected chi connectivity index (χ1v) is 4.75. The highest BCUT2D eigenvalue weighted by molar-refractivity contribution is 4.80. The maximum absolute atomic E-state index is 5.84. The van der Waals surface area contributed by atoms with E-state index < -0.39 is 0 Å². The molecule has 0 spiro atoms. The molecule has 0 bridgehead atoms. The molecule has 2 atom stereocenters. The Morgan fingerprint density at radius 2 is 1.82 bits per heavy atom. The number of hydrogen-bond acceptors (Lipinski definition) is 2. The summed E-state index contributed by atoms with van der Waals surface area (Å²) in [6.07, 6.45) is 8.46. The zero-order valence-corrected chi connectivity index (χ0v) is 6.96. The van der Waals surface area contributed by atoms with Gasteiger partial charge in [0.2, 0.25) is 0 Å². The van der Waals surface area contributed by atoms with Gasteiger partial charge in [0.15, 0.2) is 0 Å². The van der Waals surface area contributed by atoms with Crippen LogP contribution < -0.4 is 5.73 Å². The van der Waals surface area contributed by atoms with Gasteiger partial charge >= 0.3 is 0 Å². The Balaban J connectivity index is 1.73. The zero-order valence-electron chi connectivity index (χ0n) is 6.96. The summed E-state index contributed by atoms with van der Waals surface area (Å²) < 4.78 is 5.79. The first kappa shape index (κ1) is 7.56. The van der Waals surface area contributed by atoms with E-state index in [2.05, 4.69) is 0 Å². The van der Waals surface area contributed by atoms with Crippen LogP contribution in [0.1, 0.15) is 38.5 Å². The SMILES string of the molecule is NC1CCCC(OC2CC2)C1. The van der Waals surface area contributed by atoms with Crippen molar-refractivity contribution in [3.8, 4) is 0 Å². The summed E-state index contributed by atoms with van der Waals surface area (Å²) in [6.45, 7) is 0. The summed E-state index contributed by atoms with van der Waals surface area (Å²) in [5.74, 6) is 0. The minimum Gasteiger partial charge on any atom is -0.375 e. The highest BCUT2D eigenvalue weighted by Gasteiger charge is 2.28. The fourth-order valence-electron chi connectivity index (χ4n) is 1.78. The van der Waals surface area contributed by atoms with Gasteiger partial charge < -0.3 is 10.5 Å². The Morgan fingerprint density at radius 3 is 2.45 bits per heavy atom. The van der Waals surface area contributed by atoms with Crippen LogP contribution in [0.2, 0.25) is 0 Å². The normalized spacial score (nSPS) is 39.0. The van der Waals surface area contributed by atoms with Crippen molar-refractivity contribution in [2.75, 3.05) is 0 Å². The van der Waals surface area contributed by atoms with Crippen LogP contribution in [0.3, 0.4) is 0 Å². The molecule has 2 nitrogen and oxygen atoms in total. The molecule has 2 unspecified atom stereocenters. The van der Waals surface area contributed by atoms with Gasteiger partial charge in [0.25, 0.3) is 0 Å². The van der Waals surface area contributed by atoms with Crippen LogP contribution in [0.25, 0.3) is 0 Å². The summed E-state index contributed by atoms with van der Waals surface area (Å²) >= 11 is 0. The Hall–Kier alpha value is -0.0800. The molecule has 2 heteroatoms. The van der Waals surface area contributed by atoms with E-state index in [1.165, 1.54) is 32.1 Å². The minimum absolute atomic E-state index is 0.410. The van der Waals surface area contributed by atoms with E-state index >= 15 is 0 Å². The van der Waals surface area contributed by atoms with Crippen LogP contribution >= 0.6 is 0 Å². The molecule has 0 aromatic carbocycles.